The predicted molar refractivity (Wildman–Crippen MR) is 154 cm³/mol. The van der Waals surface area contributed by atoms with Crippen LogP contribution in [0.1, 0.15) is 54.5 Å². The molecule has 2 fully saturated rings. The van der Waals surface area contributed by atoms with Crippen LogP contribution in [0.3, 0.4) is 0 Å². The molecular weight excluding hydrogens is 587 g/mol. The number of hydrogen-bond donors (Lipinski definition) is 2. The van der Waals surface area contributed by atoms with Crippen LogP contribution in [0.2, 0.25) is 0 Å². The van der Waals surface area contributed by atoms with E-state index in [2.05, 4.69) is 15.6 Å². The number of benzene rings is 2. The lowest BCUT2D eigenvalue weighted by atomic mass is 9.89. The Morgan fingerprint density at radius 1 is 0.953 bits per heavy atom. The van der Waals surface area contributed by atoms with E-state index in [0.29, 0.717) is 22.4 Å². The number of aryl methyl sites for hydroxylation is 2. The number of piperidine rings is 1. The van der Waals surface area contributed by atoms with E-state index in [1.165, 1.54) is 27.4 Å². The molecule has 2 aromatic carbocycles. The highest BCUT2D eigenvalue weighted by atomic mass is 32.2. The van der Waals surface area contributed by atoms with E-state index in [0.717, 1.165) is 17.5 Å². The molecule has 0 unspecified atom stereocenters. The Balaban J connectivity index is 1.31. The maximum atomic E-state index is 13.2. The van der Waals surface area contributed by atoms with Crippen molar-refractivity contribution in [1.29, 1.82) is 0 Å². The van der Waals surface area contributed by atoms with Gasteiger partial charge in [-0.1, -0.05) is 12.1 Å². The molecule has 2 N–H and O–H groups in total. The van der Waals surface area contributed by atoms with Crippen molar-refractivity contribution in [2.75, 3.05) is 18.0 Å². The van der Waals surface area contributed by atoms with Crippen LogP contribution in [0.15, 0.2) is 46.8 Å². The zero-order chi connectivity index (χ0) is 31.5. The first-order chi connectivity index (χ1) is 19.9. The third-order valence-corrected chi connectivity index (χ3v) is 9.70. The summed E-state index contributed by atoms with van der Waals surface area (Å²) in [7, 11) is -3.90. The molecule has 2 aromatic rings. The number of amides is 4. The number of hydrogen-bond acceptors (Lipinski definition) is 6. The average Bonchev–Trinajstić information content (AvgIpc) is 3.33. The number of carbonyl (C=O) groups excluding carboxylic acids is 3. The van der Waals surface area contributed by atoms with Crippen molar-refractivity contribution >= 4 is 45.5 Å². The minimum Gasteiger partial charge on any atom is -0.308 e. The van der Waals surface area contributed by atoms with Gasteiger partial charge in [0.25, 0.3) is 11.8 Å². The monoisotopic (exact) mass is 617 g/mol. The van der Waals surface area contributed by atoms with Gasteiger partial charge in [-0.3, -0.25) is 24.8 Å². The highest BCUT2D eigenvalue weighted by Gasteiger charge is 2.48. The van der Waals surface area contributed by atoms with Crippen LogP contribution in [0.25, 0.3) is 6.08 Å². The van der Waals surface area contributed by atoms with Gasteiger partial charge in [-0.15, -0.1) is 0 Å². The molecule has 1 spiro atoms. The molecule has 43 heavy (non-hydrogen) atoms. The van der Waals surface area contributed by atoms with Gasteiger partial charge in [0.2, 0.25) is 10.0 Å². The van der Waals surface area contributed by atoms with Crippen LogP contribution in [0, 0.1) is 13.8 Å². The summed E-state index contributed by atoms with van der Waals surface area (Å²) in [5.41, 5.74) is -0.566. The molecule has 3 aliphatic rings. The standard InChI is InChI=1S/C29H30F3N5O5S/c1-17-14-21(37-26(40)34-24(38)27(37,3)4)15-18(2)22(17)8-13-43(41,42)36-11-9-28(10-12-36)25(39)33-23(35-28)19-6-5-7-20(16-19)29(30,31)32/h5-8,13-16H,9-12H2,1-4H3,(H,33,35,39)(H,34,38,40). The van der Waals surface area contributed by atoms with Gasteiger partial charge in [-0.05, 0) is 87.6 Å². The molecular formula is C29H30F3N5O5S. The van der Waals surface area contributed by atoms with Crippen molar-refractivity contribution in [1.82, 2.24) is 14.9 Å². The first kappa shape index (κ1) is 30.4. The molecule has 10 nitrogen and oxygen atoms in total. The maximum Gasteiger partial charge on any atom is 0.416 e. The lowest BCUT2D eigenvalue weighted by Gasteiger charge is -2.34. The van der Waals surface area contributed by atoms with Gasteiger partial charge in [0.05, 0.1) is 5.56 Å². The summed E-state index contributed by atoms with van der Waals surface area (Å²) in [5.74, 6) is -0.866. The number of sulfonamides is 1. The number of aliphatic imine (C=N–C) groups is 1. The summed E-state index contributed by atoms with van der Waals surface area (Å²) in [5, 5.41) is 5.96. The molecule has 4 amide bonds. The number of amidine groups is 1. The number of anilines is 1. The van der Waals surface area contributed by atoms with Gasteiger partial charge >= 0.3 is 12.2 Å². The highest BCUT2D eigenvalue weighted by Crippen LogP contribution is 2.35. The zero-order valence-corrected chi connectivity index (χ0v) is 24.7. The van der Waals surface area contributed by atoms with Crippen molar-refractivity contribution in [2.45, 2.75) is 57.8 Å². The molecule has 3 heterocycles. The van der Waals surface area contributed by atoms with E-state index in [1.807, 2.05) is 0 Å². The predicted octanol–water partition coefficient (Wildman–Crippen LogP) is 3.87. The minimum absolute atomic E-state index is 0.0104. The van der Waals surface area contributed by atoms with Gasteiger partial charge in [0.1, 0.15) is 16.9 Å². The maximum absolute atomic E-state index is 13.2. The molecule has 0 bridgehead atoms. The van der Waals surface area contributed by atoms with Crippen molar-refractivity contribution in [3.63, 3.8) is 0 Å². The molecule has 2 saturated heterocycles. The summed E-state index contributed by atoms with van der Waals surface area (Å²) in [6.45, 7) is 6.79. The number of carbonyl (C=O) groups is 3. The average molecular weight is 618 g/mol. The Hall–Kier alpha value is -4.04. The van der Waals surface area contributed by atoms with Crippen molar-refractivity contribution in [3.8, 4) is 0 Å². The van der Waals surface area contributed by atoms with Gasteiger partial charge in [-0.25, -0.2) is 13.2 Å². The lowest BCUT2D eigenvalue weighted by molar-refractivity contribution is -0.137. The third-order valence-electron chi connectivity index (χ3n) is 8.13. The molecule has 0 aliphatic carbocycles. The van der Waals surface area contributed by atoms with Gasteiger partial charge < -0.3 is 5.32 Å². The Bertz CT molecular complexity index is 1680. The van der Waals surface area contributed by atoms with Crippen molar-refractivity contribution < 1.29 is 36.0 Å². The van der Waals surface area contributed by atoms with Crippen LogP contribution < -0.4 is 15.5 Å². The molecule has 5 rings (SSSR count). The van der Waals surface area contributed by atoms with E-state index >= 15 is 0 Å². The molecule has 228 valence electrons. The van der Waals surface area contributed by atoms with Crippen LogP contribution in [0.5, 0.6) is 0 Å². The zero-order valence-electron chi connectivity index (χ0n) is 23.9. The number of nitrogens with one attached hydrogen (secondary N) is 2. The summed E-state index contributed by atoms with van der Waals surface area (Å²) in [6.07, 6.45) is -2.95. The topological polar surface area (TPSA) is 128 Å². The van der Waals surface area contributed by atoms with Crippen molar-refractivity contribution in [3.05, 3.63) is 69.6 Å². The van der Waals surface area contributed by atoms with Gasteiger partial charge in [-0.2, -0.15) is 17.5 Å². The summed E-state index contributed by atoms with van der Waals surface area (Å²) >= 11 is 0. The molecule has 3 aliphatic heterocycles. The minimum atomic E-state index is -4.55. The van der Waals surface area contributed by atoms with Crippen LogP contribution in [0.4, 0.5) is 23.7 Å². The number of rotatable bonds is 5. The first-order valence-electron chi connectivity index (χ1n) is 13.5. The molecule has 14 heteroatoms. The first-order valence-corrected chi connectivity index (χ1v) is 15.0. The summed E-state index contributed by atoms with van der Waals surface area (Å²) < 4.78 is 67.2. The summed E-state index contributed by atoms with van der Waals surface area (Å²) in [4.78, 5) is 43.3. The van der Waals surface area contributed by atoms with E-state index < -0.39 is 50.7 Å². The second-order valence-electron chi connectivity index (χ2n) is 11.4. The van der Waals surface area contributed by atoms with E-state index in [9.17, 15) is 36.0 Å². The Kier molecular flexibility index (Phi) is 7.29. The van der Waals surface area contributed by atoms with Crippen LogP contribution in [-0.4, -0.2) is 60.6 Å². The quantitative estimate of drug-likeness (QED) is 0.493. The Morgan fingerprint density at radius 3 is 2.14 bits per heavy atom. The second-order valence-corrected chi connectivity index (χ2v) is 13.2. The number of imide groups is 1. The molecule has 0 saturated carbocycles. The van der Waals surface area contributed by atoms with E-state index in [1.54, 1.807) is 39.8 Å². The lowest BCUT2D eigenvalue weighted by Crippen LogP contribution is -2.50. The second kappa shape index (κ2) is 10.3. The molecule has 0 radical (unpaired) electrons. The number of nitrogens with zero attached hydrogens (tertiary/aromatic N) is 3. The number of urea groups is 1. The normalized spacial score (nSPS) is 20.6. The third kappa shape index (κ3) is 5.44. The van der Waals surface area contributed by atoms with E-state index in [-0.39, 0.29) is 37.3 Å². The SMILES string of the molecule is Cc1cc(N2C(=O)NC(=O)C2(C)C)cc(C)c1C=CS(=O)(=O)N1CCC2(CC1)N=C(c1cccc(C(F)(F)F)c1)NC2=O. The van der Waals surface area contributed by atoms with Crippen LogP contribution >= 0.6 is 0 Å². The fourth-order valence-electron chi connectivity index (χ4n) is 5.63. The fourth-order valence-corrected chi connectivity index (χ4v) is 6.80. The smallest absolute Gasteiger partial charge is 0.308 e. The largest absolute Gasteiger partial charge is 0.416 e. The number of alkyl halides is 3. The van der Waals surface area contributed by atoms with Gasteiger partial charge in [0, 0.05) is 29.7 Å². The molecule has 0 aromatic heterocycles. The van der Waals surface area contributed by atoms with Gasteiger partial charge in [0.15, 0.2) is 0 Å². The fraction of sp³-hybridized carbons (Fsp3) is 0.379. The van der Waals surface area contributed by atoms with Crippen LogP contribution in [-0.2, 0) is 25.8 Å². The summed E-state index contributed by atoms with van der Waals surface area (Å²) in [6, 6.07) is 7.39. The molecule has 0 atom stereocenters. The van der Waals surface area contributed by atoms with E-state index in [4.69, 9.17) is 0 Å². The highest BCUT2D eigenvalue weighted by molar-refractivity contribution is 7.92. The Labute approximate surface area is 246 Å². The number of halogens is 3. The Morgan fingerprint density at radius 2 is 1.58 bits per heavy atom. The van der Waals surface area contributed by atoms with Crippen molar-refractivity contribution in [2.24, 2.45) is 4.99 Å².